The molecule has 0 aliphatic heterocycles. The van der Waals surface area contributed by atoms with Crippen LogP contribution in [0.2, 0.25) is 0 Å². The summed E-state index contributed by atoms with van der Waals surface area (Å²) < 4.78 is 15.0. The first kappa shape index (κ1) is 17.6. The maximum atomic E-state index is 13.6. The number of benzene rings is 1. The van der Waals surface area contributed by atoms with Crippen molar-refractivity contribution in [2.75, 3.05) is 0 Å². The fraction of sp³-hybridized carbons (Fsp3) is 0.100. The number of nitrogens with one attached hydrogen (secondary N) is 2. The van der Waals surface area contributed by atoms with E-state index in [0.29, 0.717) is 28.3 Å². The molecule has 2 N–H and O–H groups in total. The molecule has 8 heteroatoms. The summed E-state index contributed by atoms with van der Waals surface area (Å²) in [6.07, 6.45) is 1.58. The quantitative estimate of drug-likeness (QED) is 0.557. The zero-order chi connectivity index (χ0) is 19.5. The van der Waals surface area contributed by atoms with Gasteiger partial charge in [-0.15, -0.1) is 0 Å². The summed E-state index contributed by atoms with van der Waals surface area (Å²) in [4.78, 5) is 33.0. The van der Waals surface area contributed by atoms with Gasteiger partial charge in [-0.1, -0.05) is 24.3 Å². The molecule has 0 aliphatic carbocycles. The molecule has 0 unspecified atom stereocenters. The Morgan fingerprint density at radius 1 is 1.14 bits per heavy atom. The smallest absolute Gasteiger partial charge is 0.272 e. The van der Waals surface area contributed by atoms with Gasteiger partial charge in [0.25, 0.3) is 5.56 Å². The predicted molar refractivity (Wildman–Crippen MR) is 101 cm³/mol. The van der Waals surface area contributed by atoms with Crippen molar-refractivity contribution in [1.29, 1.82) is 0 Å². The number of halogens is 1. The van der Waals surface area contributed by atoms with Gasteiger partial charge in [-0.25, -0.2) is 13.9 Å². The molecule has 28 heavy (non-hydrogen) atoms. The van der Waals surface area contributed by atoms with Crippen molar-refractivity contribution in [3.8, 4) is 11.4 Å². The van der Waals surface area contributed by atoms with Crippen molar-refractivity contribution in [1.82, 2.24) is 24.9 Å². The number of aromatic nitrogens is 4. The van der Waals surface area contributed by atoms with Crippen LogP contribution in [0, 0.1) is 5.82 Å². The number of nitrogens with zero attached hydrogens (tertiary/aromatic N) is 3. The Labute approximate surface area is 158 Å². The highest BCUT2D eigenvalue weighted by molar-refractivity contribution is 5.78. The SMILES string of the molecule is O=C(Cc1ccccc1F)NCc1cc(=O)n2[nH]c(-c3ccccn3)cc2n1. The van der Waals surface area contributed by atoms with Crippen molar-refractivity contribution in [3.63, 3.8) is 0 Å². The highest BCUT2D eigenvalue weighted by Crippen LogP contribution is 2.15. The van der Waals surface area contributed by atoms with Crippen LogP contribution in [0.4, 0.5) is 4.39 Å². The van der Waals surface area contributed by atoms with Gasteiger partial charge in [0.05, 0.1) is 30.0 Å². The lowest BCUT2D eigenvalue weighted by molar-refractivity contribution is -0.120. The molecule has 7 nitrogen and oxygen atoms in total. The highest BCUT2D eigenvalue weighted by Gasteiger charge is 2.11. The van der Waals surface area contributed by atoms with Gasteiger partial charge < -0.3 is 5.32 Å². The number of carbonyl (C=O) groups is 1. The maximum absolute atomic E-state index is 13.6. The number of aromatic amines is 1. The van der Waals surface area contributed by atoms with Crippen LogP contribution in [0.5, 0.6) is 0 Å². The molecule has 140 valence electrons. The van der Waals surface area contributed by atoms with Crippen molar-refractivity contribution in [2.45, 2.75) is 13.0 Å². The Bertz CT molecular complexity index is 1200. The predicted octanol–water partition coefficient (Wildman–Crippen LogP) is 2.08. The van der Waals surface area contributed by atoms with E-state index >= 15 is 0 Å². The van der Waals surface area contributed by atoms with Crippen molar-refractivity contribution < 1.29 is 9.18 Å². The normalized spacial score (nSPS) is 10.9. The summed E-state index contributed by atoms with van der Waals surface area (Å²) in [6, 6.07) is 14.6. The Balaban J connectivity index is 1.51. The van der Waals surface area contributed by atoms with Crippen LogP contribution in [0.3, 0.4) is 0 Å². The summed E-state index contributed by atoms with van der Waals surface area (Å²) in [5.74, 6) is -0.778. The zero-order valence-corrected chi connectivity index (χ0v) is 14.7. The van der Waals surface area contributed by atoms with Gasteiger partial charge in [-0.05, 0) is 23.8 Å². The third kappa shape index (κ3) is 3.66. The van der Waals surface area contributed by atoms with Crippen LogP contribution in [0.15, 0.2) is 65.6 Å². The molecule has 0 saturated heterocycles. The van der Waals surface area contributed by atoms with Crippen LogP contribution in [-0.2, 0) is 17.8 Å². The molecular formula is C20H16FN5O2. The summed E-state index contributed by atoms with van der Waals surface area (Å²) in [7, 11) is 0. The molecule has 0 radical (unpaired) electrons. The molecule has 0 saturated carbocycles. The third-order valence-corrected chi connectivity index (χ3v) is 4.22. The minimum Gasteiger partial charge on any atom is -0.350 e. The van der Waals surface area contributed by atoms with Crippen LogP contribution in [0.1, 0.15) is 11.3 Å². The van der Waals surface area contributed by atoms with Crippen LogP contribution in [-0.4, -0.2) is 25.5 Å². The van der Waals surface area contributed by atoms with E-state index in [2.05, 4.69) is 20.4 Å². The average Bonchev–Trinajstić information content (AvgIpc) is 3.14. The molecule has 4 aromatic rings. The highest BCUT2D eigenvalue weighted by atomic mass is 19.1. The van der Waals surface area contributed by atoms with Crippen LogP contribution < -0.4 is 10.9 Å². The Hall–Kier alpha value is -3.81. The van der Waals surface area contributed by atoms with E-state index in [-0.39, 0.29) is 24.4 Å². The number of carbonyl (C=O) groups excluding carboxylic acids is 1. The molecule has 3 aromatic heterocycles. The topological polar surface area (TPSA) is 92.2 Å². The molecule has 0 spiro atoms. The number of pyridine rings is 1. The first-order valence-corrected chi connectivity index (χ1v) is 8.63. The van der Waals surface area contributed by atoms with Gasteiger partial charge in [0.15, 0.2) is 5.65 Å². The second-order valence-corrected chi connectivity index (χ2v) is 6.21. The minimum absolute atomic E-state index is 0.0725. The van der Waals surface area contributed by atoms with Gasteiger partial charge in [-0.3, -0.25) is 19.7 Å². The third-order valence-electron chi connectivity index (χ3n) is 4.22. The first-order valence-electron chi connectivity index (χ1n) is 8.63. The fourth-order valence-electron chi connectivity index (χ4n) is 2.85. The molecule has 0 aliphatic rings. The maximum Gasteiger partial charge on any atom is 0.272 e. The number of hydrogen-bond acceptors (Lipinski definition) is 4. The Kier molecular flexibility index (Phi) is 4.67. The van der Waals surface area contributed by atoms with Gasteiger partial charge >= 0.3 is 0 Å². The summed E-state index contributed by atoms with van der Waals surface area (Å²) in [5.41, 5.74) is 2.20. The van der Waals surface area contributed by atoms with Gasteiger partial charge in [-0.2, -0.15) is 0 Å². The molecule has 1 amide bonds. The monoisotopic (exact) mass is 377 g/mol. The Morgan fingerprint density at radius 3 is 2.75 bits per heavy atom. The molecule has 4 rings (SSSR count). The van der Waals surface area contributed by atoms with E-state index in [4.69, 9.17) is 0 Å². The van der Waals surface area contributed by atoms with E-state index in [9.17, 15) is 14.0 Å². The fourth-order valence-corrected chi connectivity index (χ4v) is 2.85. The van der Waals surface area contributed by atoms with E-state index in [1.165, 1.54) is 16.6 Å². The number of rotatable bonds is 5. The van der Waals surface area contributed by atoms with Crippen molar-refractivity contribution >= 4 is 11.6 Å². The summed E-state index contributed by atoms with van der Waals surface area (Å²) in [5, 5.41) is 5.63. The second kappa shape index (κ2) is 7.43. The van der Waals surface area contributed by atoms with E-state index < -0.39 is 5.82 Å². The molecular weight excluding hydrogens is 361 g/mol. The number of fused-ring (bicyclic) bond motifs is 1. The molecule has 0 fully saturated rings. The molecule has 1 aromatic carbocycles. The molecule has 0 atom stereocenters. The largest absolute Gasteiger partial charge is 0.350 e. The molecule has 3 heterocycles. The Morgan fingerprint density at radius 2 is 1.96 bits per heavy atom. The lowest BCUT2D eigenvalue weighted by atomic mass is 10.1. The zero-order valence-electron chi connectivity index (χ0n) is 14.7. The lowest BCUT2D eigenvalue weighted by Gasteiger charge is -2.06. The second-order valence-electron chi connectivity index (χ2n) is 6.21. The van der Waals surface area contributed by atoms with E-state index in [0.717, 1.165) is 0 Å². The number of amides is 1. The first-order chi connectivity index (χ1) is 13.6. The average molecular weight is 377 g/mol. The lowest BCUT2D eigenvalue weighted by Crippen LogP contribution is -2.26. The van der Waals surface area contributed by atoms with Crippen molar-refractivity contribution in [2.24, 2.45) is 0 Å². The minimum atomic E-state index is -0.426. The standard InChI is InChI=1S/C20H16FN5O2/c21-15-6-2-1-5-13(15)9-19(27)23-12-14-10-20(28)26-18(24-14)11-17(25-26)16-7-3-4-8-22-16/h1-8,10-11,25H,9,12H2,(H,23,27). The van der Waals surface area contributed by atoms with Crippen LogP contribution in [0.25, 0.3) is 17.0 Å². The van der Waals surface area contributed by atoms with Gasteiger partial charge in [0.2, 0.25) is 5.91 Å². The van der Waals surface area contributed by atoms with E-state index in [1.54, 1.807) is 36.5 Å². The van der Waals surface area contributed by atoms with Gasteiger partial charge in [0, 0.05) is 18.3 Å². The summed E-state index contributed by atoms with van der Waals surface area (Å²) in [6.45, 7) is 0.0725. The van der Waals surface area contributed by atoms with E-state index in [1.807, 2.05) is 12.1 Å². The molecule has 0 bridgehead atoms. The van der Waals surface area contributed by atoms with Gasteiger partial charge in [0.1, 0.15) is 5.82 Å². The number of hydrogen-bond donors (Lipinski definition) is 2. The number of H-pyrrole nitrogens is 1. The van der Waals surface area contributed by atoms with Crippen LogP contribution >= 0.6 is 0 Å². The van der Waals surface area contributed by atoms with Crippen molar-refractivity contribution in [3.05, 3.63) is 88.2 Å². The summed E-state index contributed by atoms with van der Waals surface area (Å²) >= 11 is 0.